The van der Waals surface area contributed by atoms with Crippen LogP contribution in [0, 0.1) is 0 Å². The molecule has 2 amide bonds. The van der Waals surface area contributed by atoms with Crippen molar-refractivity contribution in [1.82, 2.24) is 39.5 Å². The average molecular weight is 1100 g/mol. The van der Waals surface area contributed by atoms with Crippen molar-refractivity contribution in [3.05, 3.63) is 121 Å². The molecule has 19 nitrogen and oxygen atoms in total. The zero-order valence-electron chi connectivity index (χ0n) is 47.2. The quantitative estimate of drug-likeness (QED) is 0.0852. The highest BCUT2D eigenvalue weighted by molar-refractivity contribution is 5.97. The van der Waals surface area contributed by atoms with E-state index < -0.39 is 0 Å². The van der Waals surface area contributed by atoms with E-state index in [1.807, 2.05) is 40.1 Å². The van der Waals surface area contributed by atoms with Crippen LogP contribution in [0.25, 0.3) is 21.5 Å². The average Bonchev–Trinajstić information content (AvgIpc) is 4.24. The Kier molecular flexibility index (Phi) is 17.0. The Labute approximate surface area is 474 Å². The summed E-state index contributed by atoms with van der Waals surface area (Å²) in [6.45, 7) is 19.0. The zero-order chi connectivity index (χ0) is 56.0. The summed E-state index contributed by atoms with van der Waals surface area (Å²) in [4.78, 5) is 61.7. The van der Waals surface area contributed by atoms with Gasteiger partial charge in [0.05, 0.1) is 24.5 Å². The molecule has 0 unspecified atom stereocenters. The van der Waals surface area contributed by atoms with Gasteiger partial charge in [-0.25, -0.2) is 0 Å². The molecule has 8 heterocycles. The number of nitrogens with zero attached hydrogens (tertiary/aromatic N) is 12. The lowest BCUT2D eigenvalue weighted by atomic mass is 10.0. The zero-order valence-corrected chi connectivity index (χ0v) is 47.2. The van der Waals surface area contributed by atoms with Gasteiger partial charge in [0.2, 0.25) is 11.8 Å². The van der Waals surface area contributed by atoms with Crippen molar-refractivity contribution in [3.63, 3.8) is 0 Å². The molecule has 426 valence electrons. The van der Waals surface area contributed by atoms with E-state index in [4.69, 9.17) is 38.9 Å². The van der Waals surface area contributed by atoms with Crippen molar-refractivity contribution in [2.45, 2.75) is 63.7 Å². The molecule has 2 aromatic heterocycles. The maximum atomic E-state index is 12.2. The number of ether oxygens (including phenoxy) is 4. The first kappa shape index (κ1) is 55.2. The number of aromatic nitrogens is 4. The lowest BCUT2D eigenvalue weighted by molar-refractivity contribution is -0.127. The maximum absolute atomic E-state index is 12.2. The molecule has 4 saturated heterocycles. The Balaban J connectivity index is 0.000000171. The smallest absolute Gasteiger partial charge is 0.318 e. The van der Waals surface area contributed by atoms with E-state index in [-0.39, 0.29) is 24.4 Å². The second-order valence-electron chi connectivity index (χ2n) is 22.0. The fourth-order valence-corrected chi connectivity index (χ4v) is 12.4. The minimum absolute atomic E-state index is 0.0244. The number of likely N-dealkylation sites (N-methyl/N-ethyl adjacent to an activating group) is 2. The molecule has 6 aromatic rings. The summed E-state index contributed by atoms with van der Waals surface area (Å²) in [5, 5.41) is 14.9. The number of amides is 2. The van der Waals surface area contributed by atoms with Crippen LogP contribution in [0.3, 0.4) is 0 Å². The number of methoxy groups -OCH3 is 1. The fourth-order valence-electron chi connectivity index (χ4n) is 12.4. The summed E-state index contributed by atoms with van der Waals surface area (Å²) >= 11 is 0. The highest BCUT2D eigenvalue weighted by Gasteiger charge is 2.33. The standard InChI is InChI=1S/C32H40N6O4.C30H36N6O3/c1-4-30(39)36-14-16-37(17-15-36)31-27-11-13-38(20-28(27)33-32(34-31)41-21-24-9-7-12-35(24)2)29-19-25(42-22-40-3)18-23-8-5-6-10-26(23)29;1-3-28(38)34-13-15-35(16-14-34)29-25-10-12-36(27-18-23(37)17-21-7-4-5-9-24(21)27)19-26(25)31-30(32-29)39-20-22-8-6-11-33(22)2/h4-6,8,10,18-19,24H,1,7,9,11-17,20-22H2,2-3H3;3-5,7,9,17-18,22,37H,1,6,8,10-16,19-20H2,2H3/t24-;22-/m00/s1. The van der Waals surface area contributed by atoms with Crippen molar-refractivity contribution in [2.75, 3.05) is 139 Å². The molecule has 81 heavy (non-hydrogen) atoms. The number of phenols is 1. The first-order valence-corrected chi connectivity index (χ1v) is 28.7. The number of piperazine rings is 2. The largest absolute Gasteiger partial charge is 0.508 e. The monoisotopic (exact) mass is 1100 g/mol. The molecule has 6 aliphatic rings. The van der Waals surface area contributed by atoms with Crippen molar-refractivity contribution in [3.8, 4) is 23.5 Å². The second kappa shape index (κ2) is 25.0. The third kappa shape index (κ3) is 12.3. The Morgan fingerprint density at radius 2 is 1.05 bits per heavy atom. The first-order chi connectivity index (χ1) is 39.5. The molecule has 19 heteroatoms. The van der Waals surface area contributed by atoms with Crippen molar-refractivity contribution in [1.29, 1.82) is 0 Å². The van der Waals surface area contributed by atoms with Gasteiger partial charge >= 0.3 is 12.0 Å². The summed E-state index contributed by atoms with van der Waals surface area (Å²) < 4.78 is 23.6. The maximum Gasteiger partial charge on any atom is 0.318 e. The number of rotatable bonds is 15. The van der Waals surface area contributed by atoms with Gasteiger partial charge in [-0.05, 0) is 101 Å². The highest BCUT2D eigenvalue weighted by Crippen LogP contribution is 2.39. The molecule has 0 aliphatic carbocycles. The molecule has 0 bridgehead atoms. The molecule has 6 aliphatic heterocycles. The van der Waals surface area contributed by atoms with Gasteiger partial charge in [0.25, 0.3) is 0 Å². The van der Waals surface area contributed by atoms with Gasteiger partial charge in [-0.1, -0.05) is 61.7 Å². The van der Waals surface area contributed by atoms with E-state index in [9.17, 15) is 14.7 Å². The normalized spacial score (nSPS) is 19.5. The number of benzene rings is 4. The third-order valence-electron chi connectivity index (χ3n) is 17.0. The van der Waals surface area contributed by atoms with Crippen molar-refractivity contribution < 1.29 is 33.6 Å². The number of likely N-dealkylation sites (tertiary alicyclic amines) is 2. The van der Waals surface area contributed by atoms with E-state index in [1.54, 1.807) is 13.2 Å². The van der Waals surface area contributed by atoms with Gasteiger partial charge < -0.3 is 63.3 Å². The molecule has 4 fully saturated rings. The van der Waals surface area contributed by atoms with Gasteiger partial charge in [0, 0.05) is 130 Å². The number of hydrogen-bond acceptors (Lipinski definition) is 17. The number of hydrogen-bond donors (Lipinski definition) is 1. The predicted molar refractivity (Wildman–Crippen MR) is 316 cm³/mol. The molecule has 0 spiro atoms. The van der Waals surface area contributed by atoms with Gasteiger partial charge in [-0.15, -0.1) is 0 Å². The lowest BCUT2D eigenvalue weighted by Gasteiger charge is -2.38. The van der Waals surface area contributed by atoms with Crippen LogP contribution in [0.2, 0.25) is 0 Å². The molecule has 2 atom stereocenters. The van der Waals surface area contributed by atoms with Crippen LogP contribution in [0.15, 0.2) is 98.1 Å². The van der Waals surface area contributed by atoms with E-state index in [2.05, 4.69) is 93.1 Å². The van der Waals surface area contributed by atoms with Crippen LogP contribution in [-0.4, -0.2) is 188 Å². The predicted octanol–water partition coefficient (Wildman–Crippen LogP) is 6.69. The molecule has 0 radical (unpaired) electrons. The minimum Gasteiger partial charge on any atom is -0.508 e. The van der Waals surface area contributed by atoms with Crippen molar-refractivity contribution in [2.24, 2.45) is 0 Å². The van der Waals surface area contributed by atoms with Gasteiger partial charge in [0.1, 0.15) is 36.3 Å². The van der Waals surface area contributed by atoms with Crippen LogP contribution < -0.4 is 33.8 Å². The van der Waals surface area contributed by atoms with Gasteiger partial charge in [-0.3, -0.25) is 9.59 Å². The third-order valence-corrected chi connectivity index (χ3v) is 17.0. The molecule has 4 aromatic carbocycles. The van der Waals surface area contributed by atoms with E-state index >= 15 is 0 Å². The first-order valence-electron chi connectivity index (χ1n) is 28.7. The topological polar surface area (TPSA) is 169 Å². The molecule has 12 rings (SSSR count). The fraction of sp³-hybridized carbons (Fsp3) is 0.452. The number of carbonyl (C=O) groups is 2. The molecule has 0 saturated carbocycles. The second-order valence-corrected chi connectivity index (χ2v) is 22.0. The Morgan fingerprint density at radius 3 is 1.51 bits per heavy atom. The van der Waals surface area contributed by atoms with E-state index in [0.29, 0.717) is 103 Å². The van der Waals surface area contributed by atoms with Crippen LogP contribution in [0.5, 0.6) is 23.5 Å². The summed E-state index contributed by atoms with van der Waals surface area (Å²) in [6, 6.07) is 25.9. The Morgan fingerprint density at radius 1 is 0.580 bits per heavy atom. The summed E-state index contributed by atoms with van der Waals surface area (Å²) in [6.07, 6.45) is 8.97. The molecule has 1 N–H and O–H groups in total. The number of fused-ring (bicyclic) bond motifs is 4. The van der Waals surface area contributed by atoms with E-state index in [1.165, 1.54) is 30.4 Å². The summed E-state index contributed by atoms with van der Waals surface area (Å²) in [5.41, 5.74) is 6.36. The van der Waals surface area contributed by atoms with E-state index in [0.717, 1.165) is 119 Å². The van der Waals surface area contributed by atoms with Crippen molar-refractivity contribution >= 4 is 56.4 Å². The SMILES string of the molecule is C=CC(=O)N1CCN(c2nc(OC[C@@H]3CCCN3C)nc3c2CCN(c2cc(O)cc4ccccc24)C3)CC1.C=CC(=O)N1CCN(c2nc(OC[C@@H]3CCCN3C)nc3c2CCN(c2cc(OCOC)cc4ccccc24)C3)CC1. The highest BCUT2D eigenvalue weighted by atomic mass is 16.7. The van der Waals surface area contributed by atoms with Crippen LogP contribution in [-0.2, 0) is 40.3 Å². The van der Waals surface area contributed by atoms with Crippen LogP contribution in [0.1, 0.15) is 48.2 Å². The van der Waals surface area contributed by atoms with Gasteiger partial charge in [-0.2, -0.15) is 19.9 Å². The minimum atomic E-state index is -0.0296. The number of anilines is 4. The lowest BCUT2D eigenvalue weighted by Crippen LogP contribution is -2.49. The number of carbonyl (C=O) groups excluding carboxylic acids is 2. The van der Waals surface area contributed by atoms with Crippen LogP contribution in [0.4, 0.5) is 23.0 Å². The Hall–Kier alpha value is -7.74. The summed E-state index contributed by atoms with van der Waals surface area (Å²) in [5.74, 6) is 2.83. The number of phenolic OH excluding ortho intramolecular Hbond substituents is 1. The Bertz CT molecular complexity index is 3250. The molecular weight excluding hydrogens is 1020 g/mol. The number of aromatic hydroxyl groups is 1. The summed E-state index contributed by atoms with van der Waals surface area (Å²) in [7, 11) is 5.92. The van der Waals surface area contributed by atoms with Crippen LogP contribution >= 0.6 is 0 Å². The van der Waals surface area contributed by atoms with Gasteiger partial charge in [0.15, 0.2) is 6.79 Å². The molecular formula is C62H76N12O7.